The molecule has 0 spiro atoms. The van der Waals surface area contributed by atoms with Crippen LogP contribution in [0.5, 0.6) is 11.5 Å². The molecule has 3 rings (SSSR count). The van der Waals surface area contributed by atoms with E-state index in [1.807, 2.05) is 31.3 Å². The van der Waals surface area contributed by atoms with Crippen molar-refractivity contribution < 1.29 is 14.3 Å². The lowest BCUT2D eigenvalue weighted by Crippen LogP contribution is -2.27. The zero-order chi connectivity index (χ0) is 18.4. The third kappa shape index (κ3) is 4.03. The van der Waals surface area contributed by atoms with Crippen LogP contribution in [0.25, 0.3) is 22.4 Å². The minimum atomic E-state index is -0.471. The summed E-state index contributed by atoms with van der Waals surface area (Å²) in [6.45, 7) is 2.56. The monoisotopic (exact) mass is 351 g/mol. The van der Waals surface area contributed by atoms with Crippen molar-refractivity contribution in [3.05, 3.63) is 55.0 Å². The molecule has 2 heterocycles. The summed E-state index contributed by atoms with van der Waals surface area (Å²) in [5.41, 5.74) is 3.61. The molecule has 0 fully saturated rings. The van der Waals surface area contributed by atoms with Gasteiger partial charge in [0.25, 0.3) is 0 Å². The lowest BCUT2D eigenvalue weighted by Gasteiger charge is -2.12. The SMILES string of the molecule is CCCNC(=O)Oc1ccc(OC)c(-c2cncc(-c3ccc[nH]3)c2)c1. The van der Waals surface area contributed by atoms with Gasteiger partial charge in [0, 0.05) is 47.5 Å². The first-order chi connectivity index (χ1) is 12.7. The van der Waals surface area contributed by atoms with Gasteiger partial charge in [0.2, 0.25) is 0 Å². The fourth-order valence-electron chi connectivity index (χ4n) is 2.59. The maximum absolute atomic E-state index is 11.8. The summed E-state index contributed by atoms with van der Waals surface area (Å²) in [5.74, 6) is 1.12. The predicted octanol–water partition coefficient (Wildman–Crippen LogP) is 4.25. The molecule has 1 aromatic carbocycles. The average Bonchev–Trinajstić information content (AvgIpc) is 3.21. The third-order valence-electron chi connectivity index (χ3n) is 3.86. The van der Waals surface area contributed by atoms with Crippen molar-refractivity contribution in [2.24, 2.45) is 0 Å². The molecule has 1 amide bonds. The Morgan fingerprint density at radius 3 is 2.77 bits per heavy atom. The van der Waals surface area contributed by atoms with Gasteiger partial charge >= 0.3 is 6.09 Å². The highest BCUT2D eigenvalue weighted by atomic mass is 16.6. The molecule has 0 atom stereocenters. The van der Waals surface area contributed by atoms with Crippen LogP contribution in [0.4, 0.5) is 4.79 Å². The summed E-state index contributed by atoms with van der Waals surface area (Å²) < 4.78 is 10.8. The molecule has 3 aromatic rings. The number of carbonyl (C=O) groups is 1. The summed E-state index contributed by atoms with van der Waals surface area (Å²) in [6.07, 6.45) is 5.79. The average molecular weight is 351 g/mol. The first-order valence-electron chi connectivity index (χ1n) is 8.44. The minimum absolute atomic E-state index is 0.444. The van der Waals surface area contributed by atoms with E-state index < -0.39 is 6.09 Å². The van der Waals surface area contributed by atoms with Gasteiger partial charge in [-0.2, -0.15) is 0 Å². The third-order valence-corrected chi connectivity index (χ3v) is 3.86. The number of aromatic nitrogens is 2. The Bertz CT molecular complexity index is 876. The second-order valence-corrected chi connectivity index (χ2v) is 5.72. The van der Waals surface area contributed by atoms with Crippen LogP contribution in [-0.4, -0.2) is 29.7 Å². The summed E-state index contributed by atoms with van der Waals surface area (Å²) in [5, 5.41) is 2.69. The van der Waals surface area contributed by atoms with E-state index in [0.29, 0.717) is 18.0 Å². The lowest BCUT2D eigenvalue weighted by atomic mass is 10.0. The number of aromatic amines is 1. The zero-order valence-electron chi connectivity index (χ0n) is 14.8. The first-order valence-corrected chi connectivity index (χ1v) is 8.44. The second kappa shape index (κ2) is 8.20. The van der Waals surface area contributed by atoms with E-state index in [-0.39, 0.29) is 0 Å². The Labute approximate surface area is 152 Å². The molecule has 6 nitrogen and oxygen atoms in total. The largest absolute Gasteiger partial charge is 0.496 e. The minimum Gasteiger partial charge on any atom is -0.496 e. The molecule has 0 saturated heterocycles. The molecule has 0 aliphatic rings. The van der Waals surface area contributed by atoms with Crippen molar-refractivity contribution in [1.29, 1.82) is 0 Å². The van der Waals surface area contributed by atoms with Gasteiger partial charge in [-0.1, -0.05) is 6.92 Å². The molecule has 0 aliphatic heterocycles. The van der Waals surface area contributed by atoms with Crippen molar-refractivity contribution >= 4 is 6.09 Å². The van der Waals surface area contributed by atoms with Gasteiger partial charge in [0.1, 0.15) is 11.5 Å². The van der Waals surface area contributed by atoms with Crippen molar-refractivity contribution in [2.75, 3.05) is 13.7 Å². The quantitative estimate of drug-likeness (QED) is 0.696. The Morgan fingerprint density at radius 1 is 1.19 bits per heavy atom. The Balaban J connectivity index is 1.92. The molecule has 0 aliphatic carbocycles. The molecular weight excluding hydrogens is 330 g/mol. The summed E-state index contributed by atoms with van der Waals surface area (Å²) >= 11 is 0. The number of H-pyrrole nitrogens is 1. The van der Waals surface area contributed by atoms with Crippen LogP contribution in [0.3, 0.4) is 0 Å². The maximum atomic E-state index is 11.8. The van der Waals surface area contributed by atoms with Gasteiger partial charge in [-0.3, -0.25) is 4.98 Å². The Kier molecular flexibility index (Phi) is 5.53. The summed E-state index contributed by atoms with van der Waals surface area (Å²) in [6, 6.07) is 11.2. The number of rotatable bonds is 6. The fourth-order valence-corrected chi connectivity index (χ4v) is 2.59. The van der Waals surface area contributed by atoms with Crippen molar-refractivity contribution in [3.8, 4) is 33.9 Å². The molecule has 2 aromatic heterocycles. The van der Waals surface area contributed by atoms with Crippen molar-refractivity contribution in [3.63, 3.8) is 0 Å². The van der Waals surface area contributed by atoms with Gasteiger partial charge in [-0.05, 0) is 42.8 Å². The van der Waals surface area contributed by atoms with Crippen LogP contribution in [0.1, 0.15) is 13.3 Å². The molecule has 134 valence electrons. The molecule has 6 heteroatoms. The number of methoxy groups -OCH3 is 1. The first kappa shape index (κ1) is 17.5. The number of nitrogens with zero attached hydrogens (tertiary/aromatic N) is 1. The van der Waals surface area contributed by atoms with Gasteiger partial charge in [0.15, 0.2) is 0 Å². The zero-order valence-corrected chi connectivity index (χ0v) is 14.8. The van der Waals surface area contributed by atoms with Crippen molar-refractivity contribution in [2.45, 2.75) is 13.3 Å². The normalized spacial score (nSPS) is 10.4. The number of benzene rings is 1. The van der Waals surface area contributed by atoms with Gasteiger partial charge in [-0.15, -0.1) is 0 Å². The molecule has 0 bridgehead atoms. The van der Waals surface area contributed by atoms with E-state index in [2.05, 4.69) is 15.3 Å². The lowest BCUT2D eigenvalue weighted by molar-refractivity contribution is 0.200. The molecule has 2 N–H and O–H groups in total. The number of pyridine rings is 1. The van der Waals surface area contributed by atoms with Crippen LogP contribution in [0.15, 0.2) is 55.0 Å². The van der Waals surface area contributed by atoms with Gasteiger partial charge < -0.3 is 19.8 Å². The molecule has 26 heavy (non-hydrogen) atoms. The van der Waals surface area contributed by atoms with Crippen molar-refractivity contribution in [1.82, 2.24) is 15.3 Å². The van der Waals surface area contributed by atoms with Crippen LogP contribution < -0.4 is 14.8 Å². The Hall–Kier alpha value is -3.28. The Morgan fingerprint density at radius 2 is 2.04 bits per heavy atom. The number of carbonyl (C=O) groups excluding carboxylic acids is 1. The highest BCUT2D eigenvalue weighted by Crippen LogP contribution is 2.34. The molecule has 0 unspecified atom stereocenters. The molecule has 0 radical (unpaired) electrons. The summed E-state index contributed by atoms with van der Waals surface area (Å²) in [7, 11) is 1.61. The van der Waals surface area contributed by atoms with Crippen LogP contribution in [0.2, 0.25) is 0 Å². The highest BCUT2D eigenvalue weighted by Gasteiger charge is 2.12. The van der Waals surface area contributed by atoms with E-state index in [9.17, 15) is 4.79 Å². The second-order valence-electron chi connectivity index (χ2n) is 5.72. The summed E-state index contributed by atoms with van der Waals surface area (Å²) in [4.78, 5) is 19.3. The van der Waals surface area contributed by atoms with Crippen LogP contribution in [0, 0.1) is 0 Å². The highest BCUT2D eigenvalue weighted by molar-refractivity contribution is 5.77. The fraction of sp³-hybridized carbons (Fsp3) is 0.200. The number of amides is 1. The van der Waals surface area contributed by atoms with Crippen LogP contribution >= 0.6 is 0 Å². The number of hydrogen-bond donors (Lipinski definition) is 2. The van der Waals surface area contributed by atoms with Crippen LogP contribution in [-0.2, 0) is 0 Å². The maximum Gasteiger partial charge on any atom is 0.412 e. The van der Waals surface area contributed by atoms with E-state index in [4.69, 9.17) is 9.47 Å². The number of nitrogens with one attached hydrogen (secondary N) is 2. The standard InChI is InChI=1S/C20H21N3O3/c1-3-8-23-20(24)26-16-6-7-19(25-2)17(11-16)14-10-15(13-21-12-14)18-5-4-9-22-18/h4-7,9-13,22H,3,8H2,1-2H3,(H,23,24). The van der Waals surface area contributed by atoms with Gasteiger partial charge in [-0.25, -0.2) is 4.79 Å². The van der Waals surface area contributed by atoms with E-state index in [1.54, 1.807) is 37.7 Å². The van der Waals surface area contributed by atoms with E-state index in [0.717, 1.165) is 28.8 Å². The smallest absolute Gasteiger partial charge is 0.412 e. The van der Waals surface area contributed by atoms with E-state index in [1.165, 1.54) is 0 Å². The predicted molar refractivity (Wildman–Crippen MR) is 100 cm³/mol. The van der Waals surface area contributed by atoms with Gasteiger partial charge in [0.05, 0.1) is 7.11 Å². The number of hydrogen-bond acceptors (Lipinski definition) is 4. The molecule has 0 saturated carbocycles. The molecular formula is C20H21N3O3. The topological polar surface area (TPSA) is 76.2 Å². The van der Waals surface area contributed by atoms with E-state index >= 15 is 0 Å². The number of ether oxygens (including phenoxy) is 2.